The second-order valence-electron chi connectivity index (χ2n) is 1.80. The fourth-order valence-corrected chi connectivity index (χ4v) is 2.40. The molecule has 11 heavy (non-hydrogen) atoms. The Labute approximate surface area is 78.7 Å². The van der Waals surface area contributed by atoms with Crippen LogP contribution in [-0.4, -0.2) is 5.91 Å². The van der Waals surface area contributed by atoms with Crippen molar-refractivity contribution >= 4 is 47.6 Å². The summed E-state index contributed by atoms with van der Waals surface area (Å²) < 4.78 is 0.885. The maximum Gasteiger partial charge on any atom is 0.251 e. The number of hydrogen-bond acceptors (Lipinski definition) is 3. The van der Waals surface area contributed by atoms with Crippen molar-refractivity contribution in [3.05, 3.63) is 15.4 Å². The van der Waals surface area contributed by atoms with Crippen LogP contribution in [0.5, 0.6) is 0 Å². The van der Waals surface area contributed by atoms with E-state index < -0.39 is 5.91 Å². The smallest absolute Gasteiger partial charge is 0.251 e. The van der Waals surface area contributed by atoms with E-state index in [0.29, 0.717) is 5.56 Å². The molecule has 0 aliphatic carbocycles. The predicted molar refractivity (Wildman–Crippen MR) is 53.9 cm³/mol. The molecule has 6 heteroatoms. The molecule has 1 heterocycles. The summed E-state index contributed by atoms with van der Waals surface area (Å²) in [5.41, 5.74) is 5.61. The maximum atomic E-state index is 10.8. The van der Waals surface area contributed by atoms with E-state index in [4.69, 9.17) is 5.73 Å². The van der Waals surface area contributed by atoms with E-state index in [2.05, 4.69) is 30.4 Å². The number of thiophene rings is 1. The third-order valence-electron chi connectivity index (χ3n) is 1.10. The molecule has 0 saturated carbocycles. The molecule has 1 aromatic rings. The summed E-state index contributed by atoms with van der Waals surface area (Å²) in [4.78, 5) is 10.8. The summed E-state index contributed by atoms with van der Waals surface area (Å²) in [5, 5.41) is 3.56. The van der Waals surface area contributed by atoms with Crippen molar-refractivity contribution in [2.75, 3.05) is 5.09 Å². The molecule has 1 rings (SSSR count). The summed E-state index contributed by atoms with van der Waals surface area (Å²) >= 11 is 4.68. The zero-order valence-corrected chi connectivity index (χ0v) is 8.98. The van der Waals surface area contributed by atoms with E-state index in [1.54, 1.807) is 6.07 Å². The van der Waals surface area contributed by atoms with Crippen molar-refractivity contribution in [3.8, 4) is 0 Å². The van der Waals surface area contributed by atoms with E-state index in [1.165, 1.54) is 11.3 Å². The van der Waals surface area contributed by atoms with Gasteiger partial charge in [-0.3, -0.25) is 4.79 Å². The molecule has 1 atom stereocenters. The van der Waals surface area contributed by atoms with Crippen LogP contribution >= 0.6 is 36.7 Å². The molecule has 3 N–H and O–H groups in total. The third kappa shape index (κ3) is 1.92. The maximum absolute atomic E-state index is 10.8. The van der Waals surface area contributed by atoms with Crippen LogP contribution in [0.1, 0.15) is 10.4 Å². The number of rotatable bonds is 2. The largest absolute Gasteiger partial charge is 0.366 e. The number of carbonyl (C=O) groups is 1. The number of hydrogen-bond donors (Lipinski definition) is 2. The molecule has 0 spiro atoms. The lowest BCUT2D eigenvalue weighted by Crippen LogP contribution is -2.10. The van der Waals surface area contributed by atoms with Crippen LogP contribution in [0.15, 0.2) is 9.85 Å². The number of primary amides is 1. The predicted octanol–water partition coefficient (Wildman–Crippen LogP) is 1.81. The Hall–Kier alpha value is -0.120. The molecule has 1 unspecified atom stereocenters. The fraction of sp³-hybridized carbons (Fsp3) is 0. The average molecular weight is 253 g/mol. The van der Waals surface area contributed by atoms with Crippen LogP contribution in [0.4, 0.5) is 5.00 Å². The number of anilines is 1. The minimum Gasteiger partial charge on any atom is -0.366 e. The van der Waals surface area contributed by atoms with Gasteiger partial charge in [0.05, 0.1) is 9.35 Å². The third-order valence-corrected chi connectivity index (χ3v) is 3.17. The lowest BCUT2D eigenvalue weighted by atomic mass is 10.3. The van der Waals surface area contributed by atoms with Gasteiger partial charge in [0.1, 0.15) is 5.00 Å². The Morgan fingerprint density at radius 1 is 1.82 bits per heavy atom. The van der Waals surface area contributed by atoms with Gasteiger partial charge in [-0.15, -0.1) is 11.3 Å². The number of carbonyl (C=O) groups excluding carboxylic acids is 1. The van der Waals surface area contributed by atoms with E-state index in [-0.39, 0.29) is 0 Å². The van der Waals surface area contributed by atoms with E-state index in [9.17, 15) is 4.79 Å². The number of nitrogens with two attached hydrogens (primary N) is 1. The molecular weight excluding hydrogens is 247 g/mol. The minimum atomic E-state index is -0.420. The standard InChI is InChI=1S/C5H6BrN2OPS/c6-3-1-2(4(7)9)5(8-10)11-3/h1,8H,10H2,(H2,7,9). The molecule has 0 radical (unpaired) electrons. The lowest BCUT2D eigenvalue weighted by Gasteiger charge is -1.95. The number of nitrogens with one attached hydrogen (secondary N) is 1. The van der Waals surface area contributed by atoms with Gasteiger partial charge in [0.15, 0.2) is 0 Å². The first-order valence-corrected chi connectivity index (χ1v) is 4.89. The Morgan fingerprint density at radius 3 is 2.82 bits per heavy atom. The molecule has 60 valence electrons. The zero-order chi connectivity index (χ0) is 8.43. The van der Waals surface area contributed by atoms with Crippen molar-refractivity contribution < 1.29 is 4.79 Å². The minimum absolute atomic E-state index is 0.420. The Morgan fingerprint density at radius 2 is 2.45 bits per heavy atom. The van der Waals surface area contributed by atoms with Gasteiger partial charge in [-0.05, 0) is 31.4 Å². The molecule has 0 aliphatic rings. The van der Waals surface area contributed by atoms with Crippen LogP contribution < -0.4 is 10.8 Å². The molecular formula is C5H6BrN2OPS. The van der Waals surface area contributed by atoms with Gasteiger partial charge in [-0.25, -0.2) is 0 Å². The van der Waals surface area contributed by atoms with Crippen molar-refractivity contribution in [1.82, 2.24) is 0 Å². The van der Waals surface area contributed by atoms with Gasteiger partial charge in [-0.2, -0.15) is 0 Å². The van der Waals surface area contributed by atoms with Gasteiger partial charge >= 0.3 is 0 Å². The quantitative estimate of drug-likeness (QED) is 0.789. The summed E-state index contributed by atoms with van der Waals surface area (Å²) in [7, 11) is 2.32. The molecule has 0 fully saturated rings. The highest BCUT2D eigenvalue weighted by Crippen LogP contribution is 2.32. The van der Waals surface area contributed by atoms with Gasteiger partial charge in [0.25, 0.3) is 5.91 Å². The molecule has 0 aliphatic heterocycles. The Bertz CT molecular complexity index is 288. The molecule has 1 aromatic heterocycles. The number of halogens is 1. The summed E-state index contributed by atoms with van der Waals surface area (Å²) in [6, 6.07) is 1.69. The van der Waals surface area contributed by atoms with Gasteiger partial charge in [0.2, 0.25) is 0 Å². The summed E-state index contributed by atoms with van der Waals surface area (Å²) in [6.45, 7) is 0. The van der Waals surface area contributed by atoms with Crippen LogP contribution in [0, 0.1) is 0 Å². The van der Waals surface area contributed by atoms with E-state index in [0.717, 1.165) is 8.79 Å². The molecule has 0 aromatic carbocycles. The second kappa shape index (κ2) is 3.52. The van der Waals surface area contributed by atoms with Gasteiger partial charge in [-0.1, -0.05) is 0 Å². The highest BCUT2D eigenvalue weighted by atomic mass is 79.9. The zero-order valence-electron chi connectivity index (χ0n) is 5.43. The first kappa shape index (κ1) is 8.97. The first-order chi connectivity index (χ1) is 5.15. The molecule has 0 bridgehead atoms. The first-order valence-electron chi connectivity index (χ1n) is 2.71. The van der Waals surface area contributed by atoms with Crippen LogP contribution in [0.25, 0.3) is 0 Å². The normalized spacial score (nSPS) is 9.64. The van der Waals surface area contributed by atoms with Crippen LogP contribution in [-0.2, 0) is 0 Å². The van der Waals surface area contributed by atoms with Crippen molar-refractivity contribution in [2.45, 2.75) is 0 Å². The molecule has 0 saturated heterocycles. The highest BCUT2D eigenvalue weighted by molar-refractivity contribution is 9.11. The van der Waals surface area contributed by atoms with E-state index >= 15 is 0 Å². The summed E-state index contributed by atoms with van der Waals surface area (Å²) in [6.07, 6.45) is 0. The van der Waals surface area contributed by atoms with Crippen LogP contribution in [0.3, 0.4) is 0 Å². The van der Waals surface area contributed by atoms with Crippen molar-refractivity contribution in [1.29, 1.82) is 0 Å². The monoisotopic (exact) mass is 252 g/mol. The second-order valence-corrected chi connectivity index (χ2v) is 4.52. The number of amides is 1. The van der Waals surface area contributed by atoms with Crippen LogP contribution in [0.2, 0.25) is 0 Å². The Balaban J connectivity index is 3.12. The van der Waals surface area contributed by atoms with Crippen molar-refractivity contribution in [2.24, 2.45) is 5.73 Å². The van der Waals surface area contributed by atoms with Crippen molar-refractivity contribution in [3.63, 3.8) is 0 Å². The average Bonchev–Trinajstić information content (AvgIpc) is 2.30. The summed E-state index contributed by atoms with van der Waals surface area (Å²) in [5.74, 6) is -0.420. The molecule has 1 amide bonds. The topological polar surface area (TPSA) is 55.1 Å². The Kier molecular flexibility index (Phi) is 2.87. The van der Waals surface area contributed by atoms with Gasteiger partial charge < -0.3 is 10.8 Å². The highest BCUT2D eigenvalue weighted by Gasteiger charge is 2.10. The van der Waals surface area contributed by atoms with E-state index in [1.807, 2.05) is 0 Å². The fourth-order valence-electron chi connectivity index (χ4n) is 0.651. The van der Waals surface area contributed by atoms with Gasteiger partial charge in [0, 0.05) is 0 Å². The lowest BCUT2D eigenvalue weighted by molar-refractivity contribution is 0.100. The SMILES string of the molecule is NC(=O)c1cc(Br)sc1NP. The molecule has 3 nitrogen and oxygen atoms in total.